The van der Waals surface area contributed by atoms with Gasteiger partial charge in [0.25, 0.3) is 0 Å². The van der Waals surface area contributed by atoms with Gasteiger partial charge in [-0.05, 0) is 37.9 Å². The standard InChI is InChI=1S/C10H19NO3S/c1-15-6-9(12)7-2-4-8(5-3-7)11-10(13)14/h7-9,11-12H,2-6H2,1H3,(H,13,14)/t7-,8-,9?. The molecule has 1 rings (SSSR count). The fraction of sp³-hybridized carbons (Fsp3) is 0.900. The number of thioether (sulfide) groups is 1. The molecule has 0 aliphatic heterocycles. The van der Waals surface area contributed by atoms with E-state index in [9.17, 15) is 9.90 Å². The van der Waals surface area contributed by atoms with Crippen LogP contribution in [0.5, 0.6) is 0 Å². The zero-order valence-corrected chi connectivity index (χ0v) is 9.80. The average molecular weight is 233 g/mol. The van der Waals surface area contributed by atoms with E-state index >= 15 is 0 Å². The molecule has 4 nitrogen and oxygen atoms in total. The van der Waals surface area contributed by atoms with Gasteiger partial charge in [0.05, 0.1) is 6.10 Å². The quantitative estimate of drug-likeness (QED) is 0.689. The molecule has 0 aromatic carbocycles. The van der Waals surface area contributed by atoms with E-state index in [0.29, 0.717) is 5.92 Å². The summed E-state index contributed by atoms with van der Waals surface area (Å²) in [5.74, 6) is 1.13. The average Bonchev–Trinajstić information content (AvgIpc) is 2.18. The molecule has 1 saturated carbocycles. The van der Waals surface area contributed by atoms with Crippen molar-refractivity contribution in [3.63, 3.8) is 0 Å². The molecule has 88 valence electrons. The Hall–Kier alpha value is -0.420. The molecule has 1 aliphatic carbocycles. The van der Waals surface area contributed by atoms with Crippen LogP contribution in [0.4, 0.5) is 4.79 Å². The van der Waals surface area contributed by atoms with Crippen molar-refractivity contribution in [1.82, 2.24) is 5.32 Å². The van der Waals surface area contributed by atoms with Gasteiger partial charge in [-0.2, -0.15) is 11.8 Å². The lowest BCUT2D eigenvalue weighted by atomic mass is 9.83. The van der Waals surface area contributed by atoms with Gasteiger partial charge in [-0.3, -0.25) is 0 Å². The number of aliphatic hydroxyl groups excluding tert-OH is 1. The van der Waals surface area contributed by atoms with Crippen molar-refractivity contribution in [2.75, 3.05) is 12.0 Å². The van der Waals surface area contributed by atoms with E-state index in [0.717, 1.165) is 31.4 Å². The van der Waals surface area contributed by atoms with Gasteiger partial charge in [-0.15, -0.1) is 0 Å². The molecule has 0 saturated heterocycles. The summed E-state index contributed by atoms with van der Waals surface area (Å²) in [5, 5.41) is 20.8. The van der Waals surface area contributed by atoms with Crippen LogP contribution in [0.3, 0.4) is 0 Å². The van der Waals surface area contributed by atoms with Crippen LogP contribution in [0.25, 0.3) is 0 Å². The van der Waals surface area contributed by atoms with Crippen LogP contribution < -0.4 is 5.32 Å². The Labute approximate surface area is 94.4 Å². The summed E-state index contributed by atoms with van der Waals surface area (Å²) in [4.78, 5) is 10.4. The summed E-state index contributed by atoms with van der Waals surface area (Å²) >= 11 is 1.66. The number of nitrogens with one attached hydrogen (secondary N) is 1. The first-order chi connectivity index (χ1) is 7.13. The smallest absolute Gasteiger partial charge is 0.404 e. The molecule has 0 aromatic rings. The van der Waals surface area contributed by atoms with Crippen LogP contribution in [0.15, 0.2) is 0 Å². The molecule has 1 unspecified atom stereocenters. The normalized spacial score (nSPS) is 28.4. The van der Waals surface area contributed by atoms with Gasteiger partial charge in [0.2, 0.25) is 0 Å². The third-order valence-electron chi connectivity index (χ3n) is 2.98. The molecule has 15 heavy (non-hydrogen) atoms. The predicted molar refractivity (Wildman–Crippen MR) is 61.3 cm³/mol. The van der Waals surface area contributed by atoms with E-state index in [1.54, 1.807) is 11.8 Å². The van der Waals surface area contributed by atoms with Gasteiger partial charge >= 0.3 is 6.09 Å². The van der Waals surface area contributed by atoms with Crippen molar-refractivity contribution < 1.29 is 15.0 Å². The highest BCUT2D eigenvalue weighted by atomic mass is 32.2. The van der Waals surface area contributed by atoms with Crippen molar-refractivity contribution in [3.8, 4) is 0 Å². The van der Waals surface area contributed by atoms with Gasteiger partial charge < -0.3 is 15.5 Å². The SMILES string of the molecule is CSCC(O)[C@H]1CC[C@H](NC(=O)O)CC1. The largest absolute Gasteiger partial charge is 0.465 e. The van der Waals surface area contributed by atoms with E-state index in [1.165, 1.54) is 0 Å². The number of amides is 1. The van der Waals surface area contributed by atoms with E-state index in [-0.39, 0.29) is 12.1 Å². The monoisotopic (exact) mass is 233 g/mol. The molecular weight excluding hydrogens is 214 g/mol. The third-order valence-corrected chi connectivity index (χ3v) is 3.66. The number of carboxylic acid groups (broad SMARTS) is 1. The van der Waals surface area contributed by atoms with Crippen LogP contribution >= 0.6 is 11.8 Å². The summed E-state index contributed by atoms with van der Waals surface area (Å²) in [5.41, 5.74) is 0. The first kappa shape index (κ1) is 12.6. The Morgan fingerprint density at radius 2 is 2.07 bits per heavy atom. The van der Waals surface area contributed by atoms with E-state index in [4.69, 9.17) is 5.11 Å². The molecular formula is C10H19NO3S. The van der Waals surface area contributed by atoms with Crippen LogP contribution in [0.1, 0.15) is 25.7 Å². The zero-order valence-electron chi connectivity index (χ0n) is 8.98. The minimum atomic E-state index is -0.942. The lowest BCUT2D eigenvalue weighted by Crippen LogP contribution is -2.39. The second-order valence-electron chi connectivity index (χ2n) is 4.08. The van der Waals surface area contributed by atoms with Gasteiger partial charge in [0.15, 0.2) is 0 Å². The summed E-state index contributed by atoms with van der Waals surface area (Å²) < 4.78 is 0. The molecule has 0 radical (unpaired) electrons. The topological polar surface area (TPSA) is 69.6 Å². The molecule has 5 heteroatoms. The third kappa shape index (κ3) is 4.30. The first-order valence-corrected chi connectivity index (χ1v) is 6.69. The van der Waals surface area contributed by atoms with Crippen LogP contribution in [-0.4, -0.2) is 40.5 Å². The molecule has 0 bridgehead atoms. The van der Waals surface area contributed by atoms with E-state index < -0.39 is 6.09 Å². The maximum Gasteiger partial charge on any atom is 0.404 e. The number of hydrogen-bond donors (Lipinski definition) is 3. The fourth-order valence-electron chi connectivity index (χ4n) is 2.13. The van der Waals surface area contributed by atoms with Gasteiger partial charge in [0.1, 0.15) is 0 Å². The highest BCUT2D eigenvalue weighted by Gasteiger charge is 2.26. The number of carbonyl (C=O) groups is 1. The molecule has 1 atom stereocenters. The minimum absolute atomic E-state index is 0.0835. The van der Waals surface area contributed by atoms with Crippen molar-refractivity contribution in [3.05, 3.63) is 0 Å². The molecule has 1 aliphatic rings. The Bertz CT molecular complexity index is 205. The molecule has 1 amide bonds. The lowest BCUT2D eigenvalue weighted by molar-refractivity contribution is 0.0968. The summed E-state index contributed by atoms with van der Waals surface area (Å²) in [7, 11) is 0. The Morgan fingerprint density at radius 1 is 1.47 bits per heavy atom. The minimum Gasteiger partial charge on any atom is -0.465 e. The fourth-order valence-corrected chi connectivity index (χ4v) is 2.74. The highest BCUT2D eigenvalue weighted by molar-refractivity contribution is 7.98. The maximum atomic E-state index is 10.4. The van der Waals surface area contributed by atoms with Crippen LogP contribution in [0, 0.1) is 5.92 Å². The van der Waals surface area contributed by atoms with Gasteiger partial charge in [0, 0.05) is 11.8 Å². The Balaban J connectivity index is 2.26. The summed E-state index contributed by atoms with van der Waals surface area (Å²) in [6.45, 7) is 0. The van der Waals surface area contributed by atoms with Crippen LogP contribution in [-0.2, 0) is 0 Å². The maximum absolute atomic E-state index is 10.4. The van der Waals surface area contributed by atoms with Crippen molar-refractivity contribution in [2.45, 2.75) is 37.8 Å². The first-order valence-electron chi connectivity index (χ1n) is 5.30. The molecule has 0 heterocycles. The Kier molecular flexibility index (Phi) is 5.25. The predicted octanol–water partition coefficient (Wildman–Crippen LogP) is 1.54. The lowest BCUT2D eigenvalue weighted by Gasteiger charge is -2.31. The van der Waals surface area contributed by atoms with Crippen molar-refractivity contribution in [2.24, 2.45) is 5.92 Å². The molecule has 0 aromatic heterocycles. The molecule has 3 N–H and O–H groups in total. The molecule has 0 spiro atoms. The van der Waals surface area contributed by atoms with Crippen molar-refractivity contribution >= 4 is 17.9 Å². The summed E-state index contributed by atoms with van der Waals surface area (Å²) in [6.07, 6.45) is 4.36. The number of rotatable bonds is 4. The van der Waals surface area contributed by atoms with Gasteiger partial charge in [-0.1, -0.05) is 0 Å². The van der Waals surface area contributed by atoms with E-state index in [1.807, 2.05) is 6.26 Å². The summed E-state index contributed by atoms with van der Waals surface area (Å²) in [6, 6.07) is 0.0835. The van der Waals surface area contributed by atoms with Gasteiger partial charge in [-0.25, -0.2) is 4.79 Å². The second kappa shape index (κ2) is 6.23. The second-order valence-corrected chi connectivity index (χ2v) is 4.99. The zero-order chi connectivity index (χ0) is 11.3. The van der Waals surface area contributed by atoms with Crippen molar-refractivity contribution in [1.29, 1.82) is 0 Å². The van der Waals surface area contributed by atoms with E-state index in [2.05, 4.69) is 5.32 Å². The number of hydrogen-bond acceptors (Lipinski definition) is 3. The molecule has 1 fully saturated rings. The van der Waals surface area contributed by atoms with Crippen LogP contribution in [0.2, 0.25) is 0 Å². The number of aliphatic hydroxyl groups is 1. The Morgan fingerprint density at radius 3 is 2.53 bits per heavy atom. The highest BCUT2D eigenvalue weighted by Crippen LogP contribution is 2.28.